The van der Waals surface area contributed by atoms with Crippen molar-refractivity contribution in [1.82, 2.24) is 0 Å². The van der Waals surface area contributed by atoms with Crippen LogP contribution in [0, 0.1) is 5.82 Å². The molecule has 0 fully saturated rings. The molecule has 0 atom stereocenters. The molecule has 2 amide bonds. The van der Waals surface area contributed by atoms with Crippen molar-refractivity contribution in [2.45, 2.75) is 4.90 Å². The number of aliphatic hydroxyl groups is 1. The van der Waals surface area contributed by atoms with Gasteiger partial charge in [0.1, 0.15) is 5.82 Å². The van der Waals surface area contributed by atoms with E-state index in [1.54, 1.807) is 0 Å². The molecule has 3 rings (SSSR count). The lowest BCUT2D eigenvalue weighted by molar-refractivity contribution is -0.119. The molecule has 0 bridgehead atoms. The average Bonchev–Trinajstić information content (AvgIpc) is 2.90. The van der Waals surface area contributed by atoms with E-state index < -0.39 is 27.7 Å². The number of thioether (sulfide) groups is 1. The molecule has 0 unspecified atom stereocenters. The van der Waals surface area contributed by atoms with Crippen molar-refractivity contribution in [3.05, 3.63) is 64.8 Å². The lowest BCUT2D eigenvalue weighted by atomic mass is 10.1. The predicted octanol–water partition coefficient (Wildman–Crippen LogP) is 1.48. The van der Waals surface area contributed by atoms with Crippen molar-refractivity contribution < 1.29 is 27.5 Å². The fourth-order valence-electron chi connectivity index (χ4n) is 2.68. The van der Waals surface area contributed by atoms with Crippen LogP contribution in [0.4, 0.5) is 10.1 Å². The molecule has 0 aromatic heterocycles. The number of primary sulfonamides is 1. The van der Waals surface area contributed by atoms with Gasteiger partial charge in [0.2, 0.25) is 10.0 Å². The van der Waals surface area contributed by atoms with E-state index >= 15 is 0 Å². The van der Waals surface area contributed by atoms with Gasteiger partial charge in [0.15, 0.2) is 0 Å². The Morgan fingerprint density at radius 3 is 2.14 bits per heavy atom. The number of nitrogens with two attached hydrogens (primary N) is 1. The van der Waals surface area contributed by atoms with E-state index in [1.807, 2.05) is 0 Å². The van der Waals surface area contributed by atoms with Crippen molar-refractivity contribution in [1.29, 1.82) is 0 Å². The summed E-state index contributed by atoms with van der Waals surface area (Å²) in [6.07, 6.45) is 0. The first kappa shape index (κ1) is 20.2. The summed E-state index contributed by atoms with van der Waals surface area (Å²) in [7, 11) is -3.92. The molecule has 1 heterocycles. The van der Waals surface area contributed by atoms with Crippen molar-refractivity contribution in [3.63, 3.8) is 0 Å². The SMILES string of the molecule is NS(=O)(=O)c1ccc(N2C(=O)C(SCCO)=C(c3ccc(F)cc3)C2=O)cc1. The van der Waals surface area contributed by atoms with Crippen molar-refractivity contribution in [2.75, 3.05) is 17.3 Å². The maximum absolute atomic E-state index is 13.2. The van der Waals surface area contributed by atoms with E-state index in [0.717, 1.165) is 16.7 Å². The Kier molecular flexibility index (Phi) is 5.66. The number of imide groups is 1. The molecule has 1 aliphatic rings. The molecule has 0 saturated heterocycles. The Labute approximate surface area is 164 Å². The van der Waals surface area contributed by atoms with E-state index in [9.17, 15) is 22.4 Å². The largest absolute Gasteiger partial charge is 0.396 e. The Hall–Kier alpha value is -2.53. The minimum absolute atomic E-state index is 0.0963. The molecule has 0 aliphatic carbocycles. The van der Waals surface area contributed by atoms with E-state index in [2.05, 4.69) is 0 Å². The highest BCUT2D eigenvalue weighted by Crippen LogP contribution is 2.38. The molecule has 10 heteroatoms. The maximum Gasteiger partial charge on any atom is 0.272 e. The minimum atomic E-state index is -3.92. The summed E-state index contributed by atoms with van der Waals surface area (Å²) in [5.41, 5.74) is 0.629. The summed E-state index contributed by atoms with van der Waals surface area (Å²) in [5.74, 6) is -1.52. The third-order valence-corrected chi connectivity index (χ3v) is 5.92. The van der Waals surface area contributed by atoms with Crippen LogP contribution in [0.3, 0.4) is 0 Å². The van der Waals surface area contributed by atoms with E-state index in [1.165, 1.54) is 48.5 Å². The number of sulfonamides is 1. The Balaban J connectivity index is 2.03. The summed E-state index contributed by atoms with van der Waals surface area (Å²) in [5, 5.41) is 14.2. The van der Waals surface area contributed by atoms with E-state index in [-0.39, 0.29) is 33.4 Å². The molecule has 0 saturated carbocycles. The number of aliphatic hydroxyl groups excluding tert-OH is 1. The van der Waals surface area contributed by atoms with Gasteiger partial charge in [-0.05, 0) is 42.0 Å². The van der Waals surface area contributed by atoms with Gasteiger partial charge >= 0.3 is 0 Å². The summed E-state index contributed by atoms with van der Waals surface area (Å²) >= 11 is 1.02. The first-order valence-electron chi connectivity index (χ1n) is 7.99. The van der Waals surface area contributed by atoms with Crippen molar-refractivity contribution >= 4 is 44.9 Å². The predicted molar refractivity (Wildman–Crippen MR) is 103 cm³/mol. The quantitative estimate of drug-likeness (QED) is 0.681. The molecule has 3 N–H and O–H groups in total. The van der Waals surface area contributed by atoms with Crippen molar-refractivity contribution in [3.8, 4) is 0 Å². The number of nitrogens with zero attached hydrogens (tertiary/aromatic N) is 1. The molecular weight excluding hydrogens is 407 g/mol. The van der Waals surface area contributed by atoms with Gasteiger partial charge < -0.3 is 5.11 Å². The highest BCUT2D eigenvalue weighted by Gasteiger charge is 2.40. The number of hydrogen-bond donors (Lipinski definition) is 2. The first-order chi connectivity index (χ1) is 13.2. The fourth-order valence-corrected chi connectivity index (χ4v) is 4.06. The molecular formula is C18H15FN2O5S2. The molecule has 2 aromatic rings. The Morgan fingerprint density at radius 1 is 1.00 bits per heavy atom. The van der Waals surface area contributed by atoms with Crippen LogP contribution in [0.25, 0.3) is 5.57 Å². The number of carbonyl (C=O) groups excluding carboxylic acids is 2. The zero-order chi connectivity index (χ0) is 20.5. The number of hydrogen-bond acceptors (Lipinski definition) is 6. The normalized spacial score (nSPS) is 14.9. The number of rotatable bonds is 6. The molecule has 1 aliphatic heterocycles. The average molecular weight is 422 g/mol. The molecule has 2 aromatic carbocycles. The zero-order valence-corrected chi connectivity index (χ0v) is 16.0. The Morgan fingerprint density at radius 2 is 1.61 bits per heavy atom. The van der Waals surface area contributed by atoms with Crippen LogP contribution < -0.4 is 10.0 Å². The summed E-state index contributed by atoms with van der Waals surface area (Å²) in [4.78, 5) is 26.8. The van der Waals surface area contributed by atoms with Gasteiger partial charge in [-0.3, -0.25) is 9.59 Å². The van der Waals surface area contributed by atoms with Crippen LogP contribution in [0.5, 0.6) is 0 Å². The smallest absolute Gasteiger partial charge is 0.272 e. The van der Waals surface area contributed by atoms with Gasteiger partial charge in [0, 0.05) is 5.75 Å². The second-order valence-corrected chi connectivity index (χ2v) is 8.43. The Bertz CT molecular complexity index is 1060. The lowest BCUT2D eigenvalue weighted by Gasteiger charge is -2.15. The topological polar surface area (TPSA) is 118 Å². The second-order valence-electron chi connectivity index (χ2n) is 5.77. The second kappa shape index (κ2) is 7.84. The maximum atomic E-state index is 13.2. The van der Waals surface area contributed by atoms with Gasteiger partial charge in [-0.1, -0.05) is 12.1 Å². The van der Waals surface area contributed by atoms with Crippen molar-refractivity contribution in [2.24, 2.45) is 5.14 Å². The summed E-state index contributed by atoms with van der Waals surface area (Å²) in [6.45, 7) is -0.199. The third kappa shape index (κ3) is 3.85. The number of halogens is 1. The van der Waals surface area contributed by atoms with Crippen LogP contribution in [-0.4, -0.2) is 37.7 Å². The summed E-state index contributed by atoms with van der Waals surface area (Å²) < 4.78 is 36.0. The minimum Gasteiger partial charge on any atom is -0.396 e. The first-order valence-corrected chi connectivity index (χ1v) is 10.5. The zero-order valence-electron chi connectivity index (χ0n) is 14.3. The number of anilines is 1. The van der Waals surface area contributed by atoms with E-state index in [0.29, 0.717) is 5.56 Å². The van der Waals surface area contributed by atoms with Crippen LogP contribution in [0.1, 0.15) is 5.56 Å². The molecule has 146 valence electrons. The standard InChI is InChI=1S/C18H15FN2O5S2/c19-12-3-1-11(2-4-12)15-16(27-10-9-22)18(24)21(17(15)23)13-5-7-14(8-6-13)28(20,25)26/h1-8,22H,9-10H2,(H2,20,25,26). The number of amides is 2. The molecule has 28 heavy (non-hydrogen) atoms. The van der Waals surface area contributed by atoms with E-state index in [4.69, 9.17) is 10.2 Å². The van der Waals surface area contributed by atoms with Gasteiger partial charge in [0.05, 0.1) is 27.7 Å². The van der Waals surface area contributed by atoms with Crippen LogP contribution >= 0.6 is 11.8 Å². The fraction of sp³-hybridized carbons (Fsp3) is 0.111. The highest BCUT2D eigenvalue weighted by molar-refractivity contribution is 8.04. The molecule has 0 spiro atoms. The van der Waals surface area contributed by atoms with Gasteiger partial charge in [-0.2, -0.15) is 0 Å². The van der Waals surface area contributed by atoms with Gasteiger partial charge in [-0.25, -0.2) is 22.8 Å². The van der Waals surface area contributed by atoms with Gasteiger partial charge in [-0.15, -0.1) is 11.8 Å². The number of benzene rings is 2. The monoisotopic (exact) mass is 422 g/mol. The van der Waals surface area contributed by atoms with Crippen LogP contribution in [0.2, 0.25) is 0 Å². The number of carbonyl (C=O) groups is 2. The molecule has 0 radical (unpaired) electrons. The summed E-state index contributed by atoms with van der Waals surface area (Å²) in [6, 6.07) is 10.1. The third-order valence-electron chi connectivity index (χ3n) is 3.94. The highest BCUT2D eigenvalue weighted by atomic mass is 32.2. The van der Waals surface area contributed by atoms with Gasteiger partial charge in [0.25, 0.3) is 11.8 Å². The molecule has 7 nitrogen and oxygen atoms in total. The van der Waals surface area contributed by atoms with Crippen LogP contribution in [-0.2, 0) is 19.6 Å². The lowest BCUT2D eigenvalue weighted by Crippen LogP contribution is -2.31. The van der Waals surface area contributed by atoms with Crippen LogP contribution in [0.15, 0.2) is 58.3 Å².